The highest BCUT2D eigenvalue weighted by molar-refractivity contribution is 6.30. The van der Waals surface area contributed by atoms with E-state index in [0.29, 0.717) is 28.7 Å². The highest BCUT2D eigenvalue weighted by Gasteiger charge is 2.36. The van der Waals surface area contributed by atoms with Crippen molar-refractivity contribution in [1.82, 2.24) is 0 Å². The molecule has 6 heteroatoms. The first kappa shape index (κ1) is 19.2. The van der Waals surface area contributed by atoms with Crippen LogP contribution in [0.4, 0.5) is 11.4 Å². The van der Waals surface area contributed by atoms with Gasteiger partial charge < -0.3 is 15.0 Å². The fraction of sp³-hybridized carbons (Fsp3) is 0.333. The SMILES string of the molecule is Cc1cc(Cl)ccc1NC(=O)C1CC(=O)N(c2ccccc2OC(C)C)C1. The Morgan fingerprint density at radius 2 is 2.00 bits per heavy atom. The second-order valence-corrected chi connectivity index (χ2v) is 7.42. The van der Waals surface area contributed by atoms with Gasteiger partial charge in [-0.25, -0.2) is 0 Å². The summed E-state index contributed by atoms with van der Waals surface area (Å²) in [6, 6.07) is 12.7. The van der Waals surface area contributed by atoms with Crippen LogP contribution in [0.5, 0.6) is 5.75 Å². The standard InChI is InChI=1S/C21H23ClN2O3/c1-13(2)27-19-7-5-4-6-18(19)24-12-15(11-20(24)25)21(26)23-17-9-8-16(22)10-14(17)3/h4-10,13,15H,11-12H2,1-3H3,(H,23,26). The van der Waals surface area contributed by atoms with E-state index in [-0.39, 0.29) is 24.3 Å². The lowest BCUT2D eigenvalue weighted by Gasteiger charge is -2.21. The van der Waals surface area contributed by atoms with E-state index in [1.807, 2.05) is 45.0 Å². The summed E-state index contributed by atoms with van der Waals surface area (Å²) in [6.07, 6.45) is 0.171. The molecule has 0 bridgehead atoms. The number of carbonyl (C=O) groups excluding carboxylic acids is 2. The average Bonchev–Trinajstić information content (AvgIpc) is 2.99. The van der Waals surface area contributed by atoms with Gasteiger partial charge in [0.25, 0.3) is 0 Å². The van der Waals surface area contributed by atoms with Gasteiger partial charge >= 0.3 is 0 Å². The average molecular weight is 387 g/mol. The fourth-order valence-corrected chi connectivity index (χ4v) is 3.38. The van der Waals surface area contributed by atoms with Gasteiger partial charge in [0, 0.05) is 23.7 Å². The Balaban J connectivity index is 1.75. The summed E-state index contributed by atoms with van der Waals surface area (Å²) < 4.78 is 5.82. The molecule has 2 aromatic carbocycles. The van der Waals surface area contributed by atoms with Crippen LogP contribution in [0.1, 0.15) is 25.8 Å². The van der Waals surface area contributed by atoms with Gasteiger partial charge in [0.1, 0.15) is 5.75 Å². The van der Waals surface area contributed by atoms with Crippen LogP contribution in [-0.2, 0) is 9.59 Å². The monoisotopic (exact) mass is 386 g/mol. The lowest BCUT2D eigenvalue weighted by Crippen LogP contribution is -2.28. The number of anilines is 2. The maximum Gasteiger partial charge on any atom is 0.229 e. The van der Waals surface area contributed by atoms with E-state index in [4.69, 9.17) is 16.3 Å². The molecule has 2 amide bonds. The summed E-state index contributed by atoms with van der Waals surface area (Å²) in [5.41, 5.74) is 2.29. The van der Waals surface area contributed by atoms with E-state index in [0.717, 1.165) is 5.56 Å². The van der Waals surface area contributed by atoms with Crippen LogP contribution >= 0.6 is 11.6 Å². The van der Waals surface area contributed by atoms with Crippen LogP contribution in [-0.4, -0.2) is 24.5 Å². The lowest BCUT2D eigenvalue weighted by molar-refractivity contribution is -0.122. The minimum Gasteiger partial charge on any atom is -0.489 e. The number of rotatable bonds is 5. The molecule has 0 aromatic heterocycles. The highest BCUT2D eigenvalue weighted by atomic mass is 35.5. The zero-order valence-corrected chi connectivity index (χ0v) is 16.4. The van der Waals surface area contributed by atoms with Crippen LogP contribution in [0.3, 0.4) is 0 Å². The van der Waals surface area contributed by atoms with Crippen molar-refractivity contribution in [3.05, 3.63) is 53.1 Å². The molecule has 1 N–H and O–H groups in total. The van der Waals surface area contributed by atoms with Gasteiger partial charge in [-0.15, -0.1) is 0 Å². The second-order valence-electron chi connectivity index (χ2n) is 6.99. The zero-order valence-electron chi connectivity index (χ0n) is 15.7. The number of amides is 2. The molecule has 27 heavy (non-hydrogen) atoms. The van der Waals surface area contributed by atoms with E-state index in [9.17, 15) is 9.59 Å². The molecule has 1 atom stereocenters. The number of halogens is 1. The van der Waals surface area contributed by atoms with Crippen LogP contribution in [0.15, 0.2) is 42.5 Å². The number of nitrogens with one attached hydrogen (secondary N) is 1. The first-order valence-corrected chi connectivity index (χ1v) is 9.36. The maximum atomic E-state index is 12.7. The molecule has 0 radical (unpaired) electrons. The Kier molecular flexibility index (Phi) is 5.71. The largest absolute Gasteiger partial charge is 0.489 e. The Labute approximate surface area is 164 Å². The van der Waals surface area contributed by atoms with E-state index >= 15 is 0 Å². The van der Waals surface area contributed by atoms with Gasteiger partial charge in [0.05, 0.1) is 17.7 Å². The van der Waals surface area contributed by atoms with Crippen LogP contribution in [0, 0.1) is 12.8 Å². The predicted octanol–water partition coefficient (Wildman–Crippen LogP) is 4.43. The summed E-state index contributed by atoms with van der Waals surface area (Å²) in [5, 5.41) is 3.53. The molecule has 142 valence electrons. The molecule has 0 spiro atoms. The highest BCUT2D eigenvalue weighted by Crippen LogP contribution is 2.34. The molecule has 2 aromatic rings. The van der Waals surface area contributed by atoms with Crippen molar-refractivity contribution in [2.75, 3.05) is 16.8 Å². The van der Waals surface area contributed by atoms with Crippen LogP contribution < -0.4 is 15.0 Å². The summed E-state index contributed by atoms with van der Waals surface area (Å²) in [4.78, 5) is 26.9. The maximum absolute atomic E-state index is 12.7. The van der Waals surface area contributed by atoms with Crippen molar-refractivity contribution in [2.24, 2.45) is 5.92 Å². The molecule has 0 saturated carbocycles. The van der Waals surface area contributed by atoms with Gasteiger partial charge in [0.2, 0.25) is 11.8 Å². The number of benzene rings is 2. The summed E-state index contributed by atoms with van der Waals surface area (Å²) in [7, 11) is 0. The topological polar surface area (TPSA) is 58.6 Å². The third-order valence-electron chi connectivity index (χ3n) is 4.46. The van der Waals surface area contributed by atoms with Crippen molar-refractivity contribution in [1.29, 1.82) is 0 Å². The smallest absolute Gasteiger partial charge is 0.229 e. The molecule has 1 aliphatic rings. The minimum absolute atomic E-state index is 0.00386. The number of aryl methyl sites for hydroxylation is 1. The molecule has 3 rings (SSSR count). The summed E-state index contributed by atoms with van der Waals surface area (Å²) in [6.45, 7) is 6.09. The quantitative estimate of drug-likeness (QED) is 0.827. The predicted molar refractivity (Wildman–Crippen MR) is 107 cm³/mol. The number of hydrogen-bond acceptors (Lipinski definition) is 3. The number of para-hydroxylation sites is 2. The molecular weight excluding hydrogens is 364 g/mol. The summed E-state index contributed by atoms with van der Waals surface area (Å²) >= 11 is 5.96. The molecule has 5 nitrogen and oxygen atoms in total. The van der Waals surface area contributed by atoms with Crippen molar-refractivity contribution in [3.8, 4) is 5.75 Å². The van der Waals surface area contributed by atoms with E-state index < -0.39 is 5.92 Å². The van der Waals surface area contributed by atoms with E-state index in [2.05, 4.69) is 5.32 Å². The Hall–Kier alpha value is -2.53. The van der Waals surface area contributed by atoms with Gasteiger partial charge in [-0.3, -0.25) is 9.59 Å². The molecule has 0 aliphatic carbocycles. The van der Waals surface area contributed by atoms with Crippen molar-refractivity contribution in [3.63, 3.8) is 0 Å². The molecule has 1 unspecified atom stereocenters. The number of hydrogen-bond donors (Lipinski definition) is 1. The molecular formula is C21H23ClN2O3. The molecule has 1 fully saturated rings. The van der Waals surface area contributed by atoms with Crippen molar-refractivity contribution in [2.45, 2.75) is 33.3 Å². The third-order valence-corrected chi connectivity index (χ3v) is 4.70. The minimum atomic E-state index is -0.417. The van der Waals surface area contributed by atoms with E-state index in [1.54, 1.807) is 23.1 Å². The van der Waals surface area contributed by atoms with E-state index in [1.165, 1.54) is 0 Å². The first-order chi connectivity index (χ1) is 12.8. The van der Waals surface area contributed by atoms with Gasteiger partial charge in [-0.05, 0) is 56.7 Å². The zero-order chi connectivity index (χ0) is 19.6. The Morgan fingerprint density at radius 1 is 1.26 bits per heavy atom. The van der Waals surface area contributed by atoms with Gasteiger partial charge in [-0.2, -0.15) is 0 Å². The molecule has 1 aliphatic heterocycles. The number of ether oxygens (including phenoxy) is 1. The molecule has 1 saturated heterocycles. The Bertz CT molecular complexity index is 866. The number of nitrogens with zero attached hydrogens (tertiary/aromatic N) is 1. The number of carbonyl (C=O) groups is 2. The molecule has 1 heterocycles. The Morgan fingerprint density at radius 3 is 2.70 bits per heavy atom. The first-order valence-electron chi connectivity index (χ1n) is 8.98. The normalized spacial score (nSPS) is 16.7. The van der Waals surface area contributed by atoms with Crippen LogP contribution in [0.2, 0.25) is 5.02 Å². The van der Waals surface area contributed by atoms with Crippen molar-refractivity contribution >= 4 is 34.8 Å². The summed E-state index contributed by atoms with van der Waals surface area (Å²) in [5.74, 6) is -0.0172. The van der Waals surface area contributed by atoms with Gasteiger partial charge in [0.15, 0.2) is 0 Å². The van der Waals surface area contributed by atoms with Gasteiger partial charge in [-0.1, -0.05) is 23.7 Å². The van der Waals surface area contributed by atoms with Crippen molar-refractivity contribution < 1.29 is 14.3 Å². The lowest BCUT2D eigenvalue weighted by atomic mass is 10.1. The second kappa shape index (κ2) is 8.01. The van der Waals surface area contributed by atoms with Crippen LogP contribution in [0.25, 0.3) is 0 Å². The fourth-order valence-electron chi connectivity index (χ4n) is 3.15. The third kappa shape index (κ3) is 4.42.